The molecule has 0 amide bonds. The first-order valence-electron chi connectivity index (χ1n) is 5.24. The molecular formula is C12H14N4. The Morgan fingerprint density at radius 1 is 1.12 bits per heavy atom. The highest BCUT2D eigenvalue weighted by atomic mass is 14.9. The molecule has 0 aliphatic heterocycles. The molecule has 0 saturated heterocycles. The number of nitrogens with one attached hydrogen (secondary N) is 1. The Morgan fingerprint density at radius 3 is 2.56 bits per heavy atom. The molecule has 0 aliphatic rings. The first kappa shape index (κ1) is 10.7. The molecule has 4 nitrogen and oxygen atoms in total. The van der Waals surface area contributed by atoms with Crippen LogP contribution in [0.15, 0.2) is 43.1 Å². The zero-order valence-electron chi connectivity index (χ0n) is 9.17. The van der Waals surface area contributed by atoms with Crippen molar-refractivity contribution in [3.8, 4) is 0 Å². The van der Waals surface area contributed by atoms with Crippen LogP contribution < -0.4 is 5.32 Å². The van der Waals surface area contributed by atoms with Gasteiger partial charge in [0.1, 0.15) is 6.33 Å². The predicted octanol–water partition coefficient (Wildman–Crippen LogP) is 1.72. The first-order chi connectivity index (χ1) is 7.86. The van der Waals surface area contributed by atoms with E-state index in [9.17, 15) is 0 Å². The van der Waals surface area contributed by atoms with Crippen LogP contribution in [0.1, 0.15) is 24.2 Å². The Kier molecular flexibility index (Phi) is 3.56. The lowest BCUT2D eigenvalue weighted by molar-refractivity contribution is 0.566. The summed E-state index contributed by atoms with van der Waals surface area (Å²) in [6.45, 7) is 2.86. The minimum absolute atomic E-state index is 0.290. The van der Waals surface area contributed by atoms with Crippen molar-refractivity contribution in [1.29, 1.82) is 0 Å². The van der Waals surface area contributed by atoms with Crippen molar-refractivity contribution in [3.63, 3.8) is 0 Å². The topological polar surface area (TPSA) is 50.7 Å². The molecule has 4 heteroatoms. The second kappa shape index (κ2) is 5.32. The Morgan fingerprint density at radius 2 is 1.88 bits per heavy atom. The minimum atomic E-state index is 0.290. The lowest BCUT2D eigenvalue weighted by Gasteiger charge is -2.13. The van der Waals surface area contributed by atoms with Gasteiger partial charge in [-0.05, 0) is 30.7 Å². The van der Waals surface area contributed by atoms with E-state index >= 15 is 0 Å². The number of nitrogens with zero attached hydrogens (tertiary/aromatic N) is 3. The van der Waals surface area contributed by atoms with Crippen LogP contribution in [-0.2, 0) is 6.54 Å². The maximum Gasteiger partial charge on any atom is 0.115 e. The van der Waals surface area contributed by atoms with Gasteiger partial charge in [-0.3, -0.25) is 4.98 Å². The summed E-state index contributed by atoms with van der Waals surface area (Å²) in [5.74, 6) is 0. The van der Waals surface area contributed by atoms with Crippen molar-refractivity contribution < 1.29 is 0 Å². The van der Waals surface area contributed by atoms with Gasteiger partial charge in [0.25, 0.3) is 0 Å². The number of hydrogen-bond acceptors (Lipinski definition) is 4. The maximum atomic E-state index is 4.16. The van der Waals surface area contributed by atoms with Crippen molar-refractivity contribution in [1.82, 2.24) is 20.3 Å². The van der Waals surface area contributed by atoms with Crippen molar-refractivity contribution in [2.24, 2.45) is 0 Å². The summed E-state index contributed by atoms with van der Waals surface area (Å²) >= 11 is 0. The fourth-order valence-corrected chi connectivity index (χ4v) is 1.45. The van der Waals surface area contributed by atoms with Gasteiger partial charge in [-0.25, -0.2) is 9.97 Å². The number of aromatic nitrogens is 3. The van der Waals surface area contributed by atoms with Gasteiger partial charge in [0, 0.05) is 31.2 Å². The molecule has 0 unspecified atom stereocenters. The monoisotopic (exact) mass is 214 g/mol. The lowest BCUT2D eigenvalue weighted by atomic mass is 10.1. The van der Waals surface area contributed by atoms with Gasteiger partial charge in [-0.15, -0.1) is 0 Å². The molecule has 0 fully saturated rings. The summed E-state index contributed by atoms with van der Waals surface area (Å²) in [6.07, 6.45) is 6.92. The molecule has 0 radical (unpaired) electrons. The number of hydrogen-bond donors (Lipinski definition) is 1. The van der Waals surface area contributed by atoms with Crippen LogP contribution in [0.3, 0.4) is 0 Å². The average Bonchev–Trinajstić information content (AvgIpc) is 2.38. The summed E-state index contributed by atoms with van der Waals surface area (Å²) in [5.41, 5.74) is 2.22. The van der Waals surface area contributed by atoms with Gasteiger partial charge in [0.2, 0.25) is 0 Å². The third-order valence-electron chi connectivity index (χ3n) is 2.44. The van der Waals surface area contributed by atoms with Crippen LogP contribution in [0.4, 0.5) is 0 Å². The molecule has 2 aromatic rings. The molecule has 0 aliphatic carbocycles. The molecule has 1 N–H and O–H groups in total. The maximum absolute atomic E-state index is 4.16. The highest BCUT2D eigenvalue weighted by Crippen LogP contribution is 2.10. The molecular weight excluding hydrogens is 200 g/mol. The minimum Gasteiger partial charge on any atom is -0.305 e. The van der Waals surface area contributed by atoms with E-state index in [-0.39, 0.29) is 6.04 Å². The molecule has 82 valence electrons. The zero-order chi connectivity index (χ0) is 11.2. The van der Waals surface area contributed by atoms with E-state index in [1.165, 1.54) is 5.56 Å². The second-order valence-electron chi connectivity index (χ2n) is 3.58. The van der Waals surface area contributed by atoms with E-state index in [0.717, 1.165) is 12.2 Å². The molecule has 0 spiro atoms. The van der Waals surface area contributed by atoms with Crippen molar-refractivity contribution >= 4 is 0 Å². The van der Waals surface area contributed by atoms with Crippen LogP contribution >= 0.6 is 0 Å². The lowest BCUT2D eigenvalue weighted by Crippen LogP contribution is -2.18. The Bertz CT molecular complexity index is 416. The van der Waals surface area contributed by atoms with Crippen molar-refractivity contribution in [3.05, 3.63) is 54.4 Å². The highest BCUT2D eigenvalue weighted by Gasteiger charge is 2.03. The Balaban J connectivity index is 1.92. The molecule has 16 heavy (non-hydrogen) atoms. The van der Waals surface area contributed by atoms with Crippen molar-refractivity contribution in [2.75, 3.05) is 0 Å². The van der Waals surface area contributed by atoms with Gasteiger partial charge < -0.3 is 5.32 Å². The Hall–Kier alpha value is -1.81. The summed E-state index contributed by atoms with van der Waals surface area (Å²) in [4.78, 5) is 12.0. The fraction of sp³-hybridized carbons (Fsp3) is 0.250. The standard InChI is InChI=1S/C12H14N4/c1-10(11-2-5-13-6-3-11)15-8-12-4-7-14-9-16-12/h2-7,9-10,15H,8H2,1H3/t10-/m0/s1. The van der Waals surface area contributed by atoms with E-state index in [1.807, 2.05) is 18.2 Å². The van der Waals surface area contributed by atoms with Crippen LogP contribution in [0.25, 0.3) is 0 Å². The van der Waals surface area contributed by atoms with Gasteiger partial charge in [-0.1, -0.05) is 0 Å². The van der Waals surface area contributed by atoms with Gasteiger partial charge >= 0.3 is 0 Å². The summed E-state index contributed by atoms with van der Waals surface area (Å²) in [7, 11) is 0. The van der Waals surface area contributed by atoms with E-state index in [0.29, 0.717) is 0 Å². The molecule has 1 atom stereocenters. The SMILES string of the molecule is C[C@H](NCc1ccncn1)c1ccncc1. The largest absolute Gasteiger partial charge is 0.305 e. The summed E-state index contributed by atoms with van der Waals surface area (Å²) in [6, 6.07) is 6.22. The molecule has 0 aromatic carbocycles. The van der Waals surface area contributed by atoms with E-state index < -0.39 is 0 Å². The van der Waals surface area contributed by atoms with Crippen LogP contribution in [0.2, 0.25) is 0 Å². The van der Waals surface area contributed by atoms with Crippen LogP contribution in [0.5, 0.6) is 0 Å². The van der Waals surface area contributed by atoms with Gasteiger partial charge in [-0.2, -0.15) is 0 Å². The van der Waals surface area contributed by atoms with Crippen LogP contribution in [0, 0.1) is 0 Å². The van der Waals surface area contributed by atoms with E-state index in [1.54, 1.807) is 24.9 Å². The average molecular weight is 214 g/mol. The molecule has 2 heterocycles. The molecule has 2 rings (SSSR count). The molecule has 0 saturated carbocycles. The van der Waals surface area contributed by atoms with Gasteiger partial charge in [0.05, 0.1) is 5.69 Å². The number of pyridine rings is 1. The second-order valence-corrected chi connectivity index (χ2v) is 3.58. The fourth-order valence-electron chi connectivity index (χ4n) is 1.45. The normalized spacial score (nSPS) is 12.3. The third kappa shape index (κ3) is 2.84. The van der Waals surface area contributed by atoms with Crippen molar-refractivity contribution in [2.45, 2.75) is 19.5 Å². The van der Waals surface area contributed by atoms with E-state index in [4.69, 9.17) is 0 Å². The summed E-state index contributed by atoms with van der Waals surface area (Å²) in [5, 5.41) is 3.40. The zero-order valence-corrected chi connectivity index (χ0v) is 9.17. The molecule has 0 bridgehead atoms. The quantitative estimate of drug-likeness (QED) is 0.842. The Labute approximate surface area is 94.8 Å². The number of rotatable bonds is 4. The predicted molar refractivity (Wildman–Crippen MR) is 61.5 cm³/mol. The highest BCUT2D eigenvalue weighted by molar-refractivity contribution is 5.14. The van der Waals surface area contributed by atoms with E-state index in [2.05, 4.69) is 27.2 Å². The molecule has 2 aromatic heterocycles. The smallest absolute Gasteiger partial charge is 0.115 e. The van der Waals surface area contributed by atoms with Gasteiger partial charge in [0.15, 0.2) is 0 Å². The first-order valence-corrected chi connectivity index (χ1v) is 5.24. The summed E-state index contributed by atoms with van der Waals surface area (Å²) < 4.78 is 0. The van der Waals surface area contributed by atoms with Crippen LogP contribution in [-0.4, -0.2) is 15.0 Å². The third-order valence-corrected chi connectivity index (χ3v) is 2.44.